The lowest BCUT2D eigenvalue weighted by Crippen LogP contribution is -2.38. The van der Waals surface area contributed by atoms with Crippen molar-refractivity contribution in [1.29, 1.82) is 0 Å². The molecule has 3 rings (SSSR count). The van der Waals surface area contributed by atoms with Crippen LogP contribution in [0.25, 0.3) is 0 Å². The highest BCUT2D eigenvalue weighted by Gasteiger charge is 2.63. The molecule has 2 saturated carbocycles. The van der Waals surface area contributed by atoms with Gasteiger partial charge in [-0.1, -0.05) is 0 Å². The van der Waals surface area contributed by atoms with Crippen molar-refractivity contribution in [3.8, 4) is 0 Å². The molecule has 0 amide bonds. The van der Waals surface area contributed by atoms with Gasteiger partial charge < -0.3 is 9.47 Å². The summed E-state index contributed by atoms with van der Waals surface area (Å²) in [6.07, 6.45) is 1.44. The van der Waals surface area contributed by atoms with Crippen LogP contribution in [0.1, 0.15) is 33.6 Å². The van der Waals surface area contributed by atoms with Gasteiger partial charge in [-0.3, -0.25) is 9.59 Å². The predicted molar refractivity (Wildman–Crippen MR) is 58.9 cm³/mol. The smallest absolute Gasteiger partial charge is 0.311 e. The topological polar surface area (TPSA) is 52.6 Å². The zero-order chi connectivity index (χ0) is 12.4. The van der Waals surface area contributed by atoms with Crippen LogP contribution in [-0.2, 0) is 19.1 Å². The van der Waals surface area contributed by atoms with E-state index in [1.807, 2.05) is 20.8 Å². The first-order valence-electron chi connectivity index (χ1n) is 6.29. The molecule has 4 unspecified atom stereocenters. The Hall–Kier alpha value is -1.06. The molecule has 2 bridgehead atoms. The van der Waals surface area contributed by atoms with Crippen LogP contribution in [0.3, 0.4) is 0 Å². The molecule has 5 atom stereocenters. The van der Waals surface area contributed by atoms with Gasteiger partial charge in [-0.15, -0.1) is 0 Å². The zero-order valence-electron chi connectivity index (χ0n) is 10.4. The van der Waals surface area contributed by atoms with Crippen LogP contribution in [0, 0.1) is 23.2 Å². The second-order valence-electron chi connectivity index (χ2n) is 6.52. The van der Waals surface area contributed by atoms with Crippen molar-refractivity contribution in [3.63, 3.8) is 0 Å². The molecule has 0 spiro atoms. The lowest BCUT2D eigenvalue weighted by molar-refractivity contribution is -0.169. The molecule has 1 saturated heterocycles. The van der Waals surface area contributed by atoms with Gasteiger partial charge in [0, 0.05) is 11.8 Å². The van der Waals surface area contributed by atoms with Crippen LogP contribution in [0.5, 0.6) is 0 Å². The summed E-state index contributed by atoms with van der Waals surface area (Å²) in [5.74, 6) is 0.416. The second kappa shape index (κ2) is 3.24. The largest absolute Gasteiger partial charge is 0.458 e. The predicted octanol–water partition coefficient (Wildman–Crippen LogP) is 1.53. The molecule has 0 aromatic carbocycles. The van der Waals surface area contributed by atoms with Crippen molar-refractivity contribution in [3.05, 3.63) is 0 Å². The second-order valence-corrected chi connectivity index (χ2v) is 6.52. The number of carbonyl (C=O) groups is 2. The molecule has 0 aromatic heterocycles. The third kappa shape index (κ3) is 1.49. The lowest BCUT2D eigenvalue weighted by Gasteiger charge is -2.28. The van der Waals surface area contributed by atoms with Crippen molar-refractivity contribution in [2.24, 2.45) is 23.2 Å². The first-order valence-corrected chi connectivity index (χ1v) is 6.29. The van der Waals surface area contributed by atoms with Gasteiger partial charge in [0.15, 0.2) is 0 Å². The first kappa shape index (κ1) is 11.1. The van der Waals surface area contributed by atoms with Crippen LogP contribution in [0.2, 0.25) is 0 Å². The van der Waals surface area contributed by atoms with E-state index in [1.54, 1.807) is 0 Å². The molecule has 17 heavy (non-hydrogen) atoms. The molecule has 4 nitrogen and oxygen atoms in total. The van der Waals surface area contributed by atoms with Crippen LogP contribution in [0.15, 0.2) is 0 Å². The van der Waals surface area contributed by atoms with Gasteiger partial charge in [0.05, 0.1) is 11.3 Å². The van der Waals surface area contributed by atoms with Gasteiger partial charge >= 0.3 is 11.9 Å². The average molecular weight is 238 g/mol. The van der Waals surface area contributed by atoms with Gasteiger partial charge in [-0.25, -0.2) is 0 Å². The van der Waals surface area contributed by atoms with Gasteiger partial charge in [0.2, 0.25) is 0 Å². The number of hydrogen-bond donors (Lipinski definition) is 0. The van der Waals surface area contributed by atoms with E-state index in [0.717, 1.165) is 12.8 Å². The van der Waals surface area contributed by atoms with E-state index in [1.165, 1.54) is 0 Å². The maximum absolute atomic E-state index is 11.9. The Balaban J connectivity index is 1.75. The van der Waals surface area contributed by atoms with E-state index in [0.29, 0.717) is 11.8 Å². The van der Waals surface area contributed by atoms with E-state index < -0.39 is 5.41 Å². The molecular formula is C13H18O4. The molecule has 3 fully saturated rings. The summed E-state index contributed by atoms with van der Waals surface area (Å²) in [6.45, 7) is 5.52. The Labute approximate surface area is 101 Å². The third-order valence-electron chi connectivity index (χ3n) is 4.27. The Morgan fingerprint density at radius 2 is 2.06 bits per heavy atom. The number of fused-ring (bicyclic) bond motifs is 1. The average Bonchev–Trinajstić information content (AvgIpc) is 2.80. The maximum atomic E-state index is 11.9. The van der Waals surface area contributed by atoms with Crippen molar-refractivity contribution >= 4 is 11.9 Å². The molecule has 0 N–H and O–H groups in total. The molecule has 2 aliphatic carbocycles. The summed E-state index contributed by atoms with van der Waals surface area (Å²) in [4.78, 5) is 23.4. The highest BCUT2D eigenvalue weighted by atomic mass is 16.6. The summed E-state index contributed by atoms with van der Waals surface area (Å²) >= 11 is 0. The number of esters is 2. The number of carbonyl (C=O) groups excluding carboxylic acids is 2. The number of hydrogen-bond acceptors (Lipinski definition) is 4. The quantitative estimate of drug-likeness (QED) is 0.650. The molecule has 4 heteroatoms. The monoisotopic (exact) mass is 238 g/mol. The first-order chi connectivity index (χ1) is 7.88. The Morgan fingerprint density at radius 3 is 2.71 bits per heavy atom. The van der Waals surface area contributed by atoms with Crippen LogP contribution in [0.4, 0.5) is 0 Å². The standard InChI is InChI=1S/C13H18O4/c1-13(2,3)12(15)17-9-6-4-7-8(5-6)11(14)16-10(7)9/h6-10H,4-5H2,1-3H3/t6?,7?,8-,9?,10?/m1/s1. The third-order valence-corrected chi connectivity index (χ3v) is 4.27. The van der Waals surface area contributed by atoms with E-state index in [9.17, 15) is 9.59 Å². The van der Waals surface area contributed by atoms with E-state index in [-0.39, 0.29) is 30.1 Å². The minimum absolute atomic E-state index is 0.0783. The fraction of sp³-hybridized carbons (Fsp3) is 0.846. The summed E-state index contributed by atoms with van der Waals surface area (Å²) in [5, 5.41) is 0. The molecule has 0 aromatic rings. The molecule has 3 aliphatic rings. The van der Waals surface area contributed by atoms with Crippen molar-refractivity contribution in [2.45, 2.75) is 45.8 Å². The Kier molecular flexibility index (Phi) is 2.11. The minimum Gasteiger partial charge on any atom is -0.458 e. The molecule has 1 heterocycles. The van der Waals surface area contributed by atoms with E-state index >= 15 is 0 Å². The van der Waals surface area contributed by atoms with Gasteiger partial charge in [-0.05, 0) is 33.6 Å². The number of rotatable bonds is 1. The van der Waals surface area contributed by atoms with Crippen molar-refractivity contribution in [1.82, 2.24) is 0 Å². The SMILES string of the molecule is CC(C)(C)C(=O)OC1C2CC3C1OC(=O)[C@@H]3C2. The van der Waals surface area contributed by atoms with Crippen molar-refractivity contribution < 1.29 is 19.1 Å². The van der Waals surface area contributed by atoms with E-state index in [4.69, 9.17) is 9.47 Å². The zero-order valence-corrected chi connectivity index (χ0v) is 10.4. The lowest BCUT2D eigenvalue weighted by atomic mass is 9.87. The number of ether oxygens (including phenoxy) is 2. The molecule has 94 valence electrons. The summed E-state index contributed by atoms with van der Waals surface area (Å²) in [6, 6.07) is 0. The van der Waals surface area contributed by atoms with Gasteiger partial charge in [0.25, 0.3) is 0 Å². The molecule has 1 aliphatic heterocycles. The fourth-order valence-electron chi connectivity index (χ4n) is 3.36. The summed E-state index contributed by atoms with van der Waals surface area (Å²) < 4.78 is 10.9. The molecular weight excluding hydrogens is 220 g/mol. The highest BCUT2D eigenvalue weighted by Crippen LogP contribution is 2.55. The summed E-state index contributed by atoms with van der Waals surface area (Å²) in [5.41, 5.74) is -0.496. The van der Waals surface area contributed by atoms with Gasteiger partial charge in [0.1, 0.15) is 12.2 Å². The summed E-state index contributed by atoms with van der Waals surface area (Å²) in [7, 11) is 0. The minimum atomic E-state index is -0.496. The Bertz CT molecular complexity index is 381. The van der Waals surface area contributed by atoms with Crippen LogP contribution >= 0.6 is 0 Å². The molecule has 0 radical (unpaired) electrons. The Morgan fingerprint density at radius 1 is 1.35 bits per heavy atom. The van der Waals surface area contributed by atoms with Gasteiger partial charge in [-0.2, -0.15) is 0 Å². The normalized spacial score (nSPS) is 42.8. The fourth-order valence-corrected chi connectivity index (χ4v) is 3.36. The highest BCUT2D eigenvalue weighted by molar-refractivity contribution is 5.78. The van der Waals surface area contributed by atoms with Crippen molar-refractivity contribution in [2.75, 3.05) is 0 Å². The van der Waals surface area contributed by atoms with E-state index in [2.05, 4.69) is 0 Å². The van der Waals surface area contributed by atoms with Crippen LogP contribution < -0.4 is 0 Å². The maximum Gasteiger partial charge on any atom is 0.311 e. The van der Waals surface area contributed by atoms with Crippen LogP contribution in [-0.4, -0.2) is 24.1 Å².